The zero-order valence-electron chi connectivity index (χ0n) is 13.8. The Morgan fingerprint density at radius 3 is 2.92 bits per heavy atom. The third-order valence-corrected chi connectivity index (χ3v) is 4.29. The molecule has 0 spiro atoms. The number of aliphatic hydroxyl groups is 1. The lowest BCUT2D eigenvalue weighted by Crippen LogP contribution is -2.26. The number of ether oxygens (including phenoxy) is 3. The number of hydrogen-bond donors (Lipinski definition) is 2. The first kappa shape index (κ1) is 16.8. The Morgan fingerprint density at radius 1 is 1.15 bits per heavy atom. The number of aliphatic hydroxyl groups excluding tert-OH is 1. The Balaban J connectivity index is 1.33. The van der Waals surface area contributed by atoms with E-state index in [4.69, 9.17) is 25.8 Å². The first-order valence-electron chi connectivity index (χ1n) is 8.19. The lowest BCUT2D eigenvalue weighted by atomic mass is 10.2. The van der Waals surface area contributed by atoms with Crippen molar-refractivity contribution in [1.82, 2.24) is 4.98 Å². The molecule has 2 aromatic carbocycles. The molecule has 0 radical (unpaired) electrons. The number of benzene rings is 2. The molecule has 134 valence electrons. The zero-order chi connectivity index (χ0) is 17.9. The highest BCUT2D eigenvalue weighted by Gasteiger charge is 2.14. The molecule has 0 saturated heterocycles. The summed E-state index contributed by atoms with van der Waals surface area (Å²) < 4.78 is 16.2. The van der Waals surface area contributed by atoms with Crippen LogP contribution < -0.4 is 19.5 Å². The molecule has 1 unspecified atom stereocenters. The fourth-order valence-corrected chi connectivity index (χ4v) is 2.95. The molecule has 6 nitrogen and oxygen atoms in total. The average Bonchev–Trinajstić information content (AvgIpc) is 3.12. The molecule has 1 aliphatic rings. The van der Waals surface area contributed by atoms with Crippen LogP contribution in [0.5, 0.6) is 17.2 Å². The van der Waals surface area contributed by atoms with Gasteiger partial charge < -0.3 is 24.6 Å². The Bertz CT molecular complexity index is 935. The van der Waals surface area contributed by atoms with E-state index in [1.807, 2.05) is 30.3 Å². The van der Waals surface area contributed by atoms with E-state index < -0.39 is 6.10 Å². The summed E-state index contributed by atoms with van der Waals surface area (Å²) in [6.07, 6.45) is -0.715. The van der Waals surface area contributed by atoms with Crippen molar-refractivity contribution < 1.29 is 19.3 Å². The van der Waals surface area contributed by atoms with E-state index in [0.717, 1.165) is 10.8 Å². The second-order valence-electron chi connectivity index (χ2n) is 5.88. The van der Waals surface area contributed by atoms with Gasteiger partial charge in [-0.3, -0.25) is 0 Å². The molecule has 0 bridgehead atoms. The molecule has 2 heterocycles. The number of nitrogens with one attached hydrogen (secondary N) is 1. The predicted octanol–water partition coefficient (Wildman–Crippen LogP) is 3.47. The van der Waals surface area contributed by atoms with Crippen molar-refractivity contribution in [2.45, 2.75) is 6.10 Å². The summed E-state index contributed by atoms with van der Waals surface area (Å²) >= 11 is 6.20. The van der Waals surface area contributed by atoms with Crippen LogP contribution in [0.4, 0.5) is 5.82 Å². The molecular formula is C19H17ClN2O4. The quantitative estimate of drug-likeness (QED) is 0.645. The highest BCUT2D eigenvalue weighted by Crippen LogP contribution is 2.35. The molecular weight excluding hydrogens is 356 g/mol. The van der Waals surface area contributed by atoms with Crippen molar-refractivity contribution in [3.05, 3.63) is 53.7 Å². The molecule has 2 N–H and O–H groups in total. The van der Waals surface area contributed by atoms with Crippen LogP contribution in [0.15, 0.2) is 48.5 Å². The third kappa shape index (κ3) is 3.61. The van der Waals surface area contributed by atoms with Gasteiger partial charge in [0.15, 0.2) is 11.5 Å². The van der Waals surface area contributed by atoms with Gasteiger partial charge in [-0.15, -0.1) is 0 Å². The number of halogens is 1. The standard InChI is InChI=1S/C19H17ClN2O4/c20-19-15-4-2-1-3-12(15)7-18(22-19)21-9-13(23)10-24-14-5-6-16-17(8-14)26-11-25-16/h1-8,13,23H,9-11H2,(H,21,22). The molecule has 26 heavy (non-hydrogen) atoms. The van der Waals surface area contributed by atoms with Crippen molar-refractivity contribution in [1.29, 1.82) is 0 Å². The van der Waals surface area contributed by atoms with E-state index in [1.165, 1.54) is 0 Å². The Labute approximate surface area is 155 Å². The summed E-state index contributed by atoms with van der Waals surface area (Å²) in [4.78, 5) is 4.30. The molecule has 3 aromatic rings. The number of anilines is 1. The van der Waals surface area contributed by atoms with E-state index in [0.29, 0.717) is 28.2 Å². The Kier molecular flexibility index (Phi) is 4.69. The van der Waals surface area contributed by atoms with Crippen LogP contribution in [0.2, 0.25) is 5.15 Å². The van der Waals surface area contributed by atoms with Crippen molar-refractivity contribution in [3.63, 3.8) is 0 Å². The predicted molar refractivity (Wildman–Crippen MR) is 99.3 cm³/mol. The minimum Gasteiger partial charge on any atom is -0.491 e. The smallest absolute Gasteiger partial charge is 0.231 e. The molecule has 4 rings (SSSR count). The molecule has 0 aliphatic carbocycles. The van der Waals surface area contributed by atoms with Crippen LogP contribution in [-0.2, 0) is 0 Å². The van der Waals surface area contributed by atoms with Crippen LogP contribution in [0, 0.1) is 0 Å². The molecule has 0 saturated carbocycles. The number of hydrogen-bond acceptors (Lipinski definition) is 6. The Morgan fingerprint density at radius 2 is 2.00 bits per heavy atom. The van der Waals surface area contributed by atoms with Gasteiger partial charge in [-0.1, -0.05) is 35.9 Å². The van der Waals surface area contributed by atoms with Gasteiger partial charge in [-0.25, -0.2) is 4.98 Å². The number of pyridine rings is 1. The summed E-state index contributed by atoms with van der Waals surface area (Å²) in [6.45, 7) is 0.632. The molecule has 1 aromatic heterocycles. The van der Waals surface area contributed by atoms with Gasteiger partial charge in [0.1, 0.15) is 29.4 Å². The average molecular weight is 373 g/mol. The van der Waals surface area contributed by atoms with Gasteiger partial charge >= 0.3 is 0 Å². The summed E-state index contributed by atoms with van der Waals surface area (Å²) in [7, 11) is 0. The second-order valence-corrected chi connectivity index (χ2v) is 6.24. The Hall–Kier alpha value is -2.70. The first-order chi connectivity index (χ1) is 12.7. The minimum absolute atomic E-state index is 0.133. The molecule has 0 amide bonds. The minimum atomic E-state index is -0.715. The maximum atomic E-state index is 10.1. The lowest BCUT2D eigenvalue weighted by molar-refractivity contribution is 0.117. The third-order valence-electron chi connectivity index (χ3n) is 4.00. The van der Waals surface area contributed by atoms with Crippen LogP contribution in [0.25, 0.3) is 10.8 Å². The highest BCUT2D eigenvalue weighted by atomic mass is 35.5. The van der Waals surface area contributed by atoms with E-state index >= 15 is 0 Å². The van der Waals surface area contributed by atoms with Crippen LogP contribution in [-0.4, -0.2) is 36.1 Å². The van der Waals surface area contributed by atoms with E-state index in [-0.39, 0.29) is 19.9 Å². The van der Waals surface area contributed by atoms with E-state index in [9.17, 15) is 5.11 Å². The fraction of sp³-hybridized carbons (Fsp3) is 0.211. The summed E-state index contributed by atoms with van der Waals surface area (Å²) in [5.74, 6) is 2.56. The lowest BCUT2D eigenvalue weighted by Gasteiger charge is -2.14. The molecule has 1 aliphatic heterocycles. The monoisotopic (exact) mass is 372 g/mol. The summed E-state index contributed by atoms with van der Waals surface area (Å²) in [5, 5.41) is 15.5. The maximum Gasteiger partial charge on any atom is 0.231 e. The maximum absolute atomic E-state index is 10.1. The van der Waals surface area contributed by atoms with Crippen molar-refractivity contribution in [2.75, 3.05) is 25.3 Å². The van der Waals surface area contributed by atoms with Crippen molar-refractivity contribution in [3.8, 4) is 17.2 Å². The molecule has 7 heteroatoms. The summed E-state index contributed by atoms with van der Waals surface area (Å²) in [6, 6.07) is 14.9. The first-order valence-corrected chi connectivity index (χ1v) is 8.56. The fourth-order valence-electron chi connectivity index (χ4n) is 2.69. The zero-order valence-corrected chi connectivity index (χ0v) is 14.6. The van der Waals surface area contributed by atoms with E-state index in [2.05, 4.69) is 10.3 Å². The topological polar surface area (TPSA) is 72.8 Å². The number of aromatic nitrogens is 1. The van der Waals surface area contributed by atoms with Crippen molar-refractivity contribution in [2.24, 2.45) is 0 Å². The van der Waals surface area contributed by atoms with Gasteiger partial charge in [0, 0.05) is 18.0 Å². The highest BCUT2D eigenvalue weighted by molar-refractivity contribution is 6.34. The van der Waals surface area contributed by atoms with Crippen molar-refractivity contribution >= 4 is 28.2 Å². The van der Waals surface area contributed by atoms with Gasteiger partial charge in [0.2, 0.25) is 6.79 Å². The van der Waals surface area contributed by atoms with Crippen LogP contribution in [0.1, 0.15) is 0 Å². The van der Waals surface area contributed by atoms with Gasteiger partial charge in [0.05, 0.1) is 0 Å². The molecule has 0 fully saturated rings. The second kappa shape index (κ2) is 7.27. The molecule has 1 atom stereocenters. The number of rotatable bonds is 6. The van der Waals surface area contributed by atoms with Gasteiger partial charge in [-0.2, -0.15) is 0 Å². The van der Waals surface area contributed by atoms with E-state index in [1.54, 1.807) is 18.2 Å². The van der Waals surface area contributed by atoms with Gasteiger partial charge in [0.25, 0.3) is 0 Å². The number of nitrogens with zero attached hydrogens (tertiary/aromatic N) is 1. The van der Waals surface area contributed by atoms with Crippen LogP contribution >= 0.6 is 11.6 Å². The summed E-state index contributed by atoms with van der Waals surface area (Å²) in [5.41, 5.74) is 0. The van der Waals surface area contributed by atoms with Crippen LogP contribution in [0.3, 0.4) is 0 Å². The normalized spacial score (nSPS) is 13.6. The SMILES string of the molecule is OC(CNc1cc2ccccc2c(Cl)n1)COc1ccc2c(c1)OCO2. The largest absolute Gasteiger partial charge is 0.491 e. The number of fused-ring (bicyclic) bond motifs is 2. The van der Waals surface area contributed by atoms with Gasteiger partial charge in [-0.05, 0) is 23.6 Å².